The van der Waals surface area contributed by atoms with E-state index in [0.717, 1.165) is 17.6 Å². The van der Waals surface area contributed by atoms with Gasteiger partial charge in [0.1, 0.15) is 0 Å². The largest absolute Gasteiger partial charge is 0.388 e. The molecular formula is C24H29NO2. The van der Waals surface area contributed by atoms with Gasteiger partial charge < -0.3 is 10.4 Å². The van der Waals surface area contributed by atoms with Gasteiger partial charge >= 0.3 is 0 Å². The molecule has 1 aromatic rings. The molecule has 142 valence electrons. The van der Waals surface area contributed by atoms with Crippen molar-refractivity contribution in [3.63, 3.8) is 0 Å². The molecule has 3 nitrogen and oxygen atoms in total. The van der Waals surface area contributed by atoms with Crippen molar-refractivity contribution in [3.8, 4) is 11.8 Å². The minimum absolute atomic E-state index is 0.0222. The van der Waals surface area contributed by atoms with Gasteiger partial charge in [0.25, 0.3) is 0 Å². The van der Waals surface area contributed by atoms with Crippen molar-refractivity contribution < 1.29 is 9.90 Å². The van der Waals surface area contributed by atoms with Crippen molar-refractivity contribution in [2.75, 3.05) is 0 Å². The Morgan fingerprint density at radius 2 is 1.89 bits per heavy atom. The first-order chi connectivity index (χ1) is 12.7. The third-order valence-corrected chi connectivity index (χ3v) is 4.86. The van der Waals surface area contributed by atoms with Crippen molar-refractivity contribution in [2.45, 2.75) is 52.7 Å². The average Bonchev–Trinajstić information content (AvgIpc) is 2.82. The van der Waals surface area contributed by atoms with E-state index in [1.807, 2.05) is 48.6 Å². The summed E-state index contributed by atoms with van der Waals surface area (Å²) in [7, 11) is 0. The fourth-order valence-electron chi connectivity index (χ4n) is 2.60. The van der Waals surface area contributed by atoms with E-state index in [9.17, 15) is 9.90 Å². The molecule has 3 heteroatoms. The van der Waals surface area contributed by atoms with Gasteiger partial charge in [-0.1, -0.05) is 48.6 Å². The molecule has 0 bridgehead atoms. The lowest BCUT2D eigenvalue weighted by atomic mass is 9.94. The molecule has 0 radical (unpaired) electrons. The molecule has 0 heterocycles. The Morgan fingerprint density at radius 3 is 2.48 bits per heavy atom. The number of carbonyl (C=O) groups is 1. The fourth-order valence-corrected chi connectivity index (χ4v) is 2.60. The number of carbonyl (C=O) groups excluding carboxylic acids is 1. The number of amides is 1. The van der Waals surface area contributed by atoms with E-state index in [2.05, 4.69) is 31.0 Å². The van der Waals surface area contributed by atoms with Gasteiger partial charge in [0, 0.05) is 22.6 Å². The van der Waals surface area contributed by atoms with Crippen LogP contribution in [0.3, 0.4) is 0 Å². The maximum absolute atomic E-state index is 12.7. The Bertz CT molecular complexity index is 824. The van der Waals surface area contributed by atoms with Gasteiger partial charge in [-0.2, -0.15) is 0 Å². The highest BCUT2D eigenvalue weighted by Crippen LogP contribution is 2.22. The van der Waals surface area contributed by atoms with E-state index >= 15 is 0 Å². The van der Waals surface area contributed by atoms with Crippen LogP contribution in [0.4, 0.5) is 0 Å². The topological polar surface area (TPSA) is 49.3 Å². The predicted molar refractivity (Wildman–Crippen MR) is 111 cm³/mol. The summed E-state index contributed by atoms with van der Waals surface area (Å²) >= 11 is 0. The minimum atomic E-state index is -0.973. The van der Waals surface area contributed by atoms with Gasteiger partial charge in [-0.3, -0.25) is 4.79 Å². The SMILES string of the molecule is CCC1C=CC(C#Cc2ccc(C)cc2)=CC=C1C(=O)NC(C)C(C)(C)O. The minimum Gasteiger partial charge on any atom is -0.388 e. The van der Waals surface area contributed by atoms with Crippen molar-refractivity contribution >= 4 is 5.91 Å². The third kappa shape index (κ3) is 5.98. The number of nitrogens with one attached hydrogen (secondary N) is 1. The van der Waals surface area contributed by atoms with E-state index in [-0.39, 0.29) is 17.9 Å². The smallest absolute Gasteiger partial charge is 0.248 e. The Balaban J connectivity index is 2.22. The van der Waals surface area contributed by atoms with Crippen LogP contribution < -0.4 is 5.32 Å². The highest BCUT2D eigenvalue weighted by Gasteiger charge is 2.26. The first kappa shape index (κ1) is 20.7. The number of hydrogen-bond donors (Lipinski definition) is 2. The van der Waals surface area contributed by atoms with Gasteiger partial charge in [-0.15, -0.1) is 0 Å². The van der Waals surface area contributed by atoms with Crippen LogP contribution in [-0.4, -0.2) is 22.7 Å². The van der Waals surface area contributed by atoms with E-state index in [1.165, 1.54) is 5.56 Å². The Hall–Kier alpha value is -2.57. The zero-order valence-corrected chi connectivity index (χ0v) is 16.8. The fraction of sp³-hybridized carbons (Fsp3) is 0.375. The van der Waals surface area contributed by atoms with Gasteiger partial charge in [-0.25, -0.2) is 0 Å². The number of aliphatic hydroxyl groups is 1. The lowest BCUT2D eigenvalue weighted by Gasteiger charge is -2.27. The summed E-state index contributed by atoms with van der Waals surface area (Å²) in [6.45, 7) is 9.29. The van der Waals surface area contributed by atoms with Crippen molar-refractivity contribution in [1.82, 2.24) is 5.32 Å². The molecule has 0 aromatic heterocycles. The van der Waals surface area contributed by atoms with Crippen LogP contribution >= 0.6 is 0 Å². The molecule has 1 aliphatic carbocycles. The molecule has 2 unspecified atom stereocenters. The number of benzene rings is 1. The highest BCUT2D eigenvalue weighted by molar-refractivity contribution is 5.95. The zero-order chi connectivity index (χ0) is 20.0. The lowest BCUT2D eigenvalue weighted by molar-refractivity contribution is -0.120. The van der Waals surface area contributed by atoms with E-state index in [0.29, 0.717) is 5.57 Å². The van der Waals surface area contributed by atoms with Crippen molar-refractivity contribution in [1.29, 1.82) is 0 Å². The molecule has 0 saturated carbocycles. The van der Waals surface area contributed by atoms with Crippen LogP contribution in [0.5, 0.6) is 0 Å². The van der Waals surface area contributed by atoms with E-state index in [1.54, 1.807) is 20.8 Å². The van der Waals surface area contributed by atoms with Crippen molar-refractivity contribution in [3.05, 3.63) is 70.8 Å². The van der Waals surface area contributed by atoms with Crippen LogP contribution in [0, 0.1) is 24.7 Å². The average molecular weight is 364 g/mol. The number of hydrogen-bond acceptors (Lipinski definition) is 2. The summed E-state index contributed by atoms with van der Waals surface area (Å²) in [6, 6.07) is 7.75. The normalized spacial score (nSPS) is 17.8. The van der Waals surface area contributed by atoms with Crippen LogP contribution in [-0.2, 0) is 4.79 Å². The second kappa shape index (κ2) is 8.88. The molecule has 2 rings (SSSR count). The summed E-state index contributed by atoms with van der Waals surface area (Å²) in [5.41, 5.74) is 2.76. The Morgan fingerprint density at radius 1 is 1.22 bits per heavy atom. The molecule has 0 aliphatic heterocycles. The van der Waals surface area contributed by atoms with Crippen LogP contribution in [0.25, 0.3) is 0 Å². The first-order valence-electron chi connectivity index (χ1n) is 9.42. The van der Waals surface area contributed by atoms with Crippen LogP contribution in [0.2, 0.25) is 0 Å². The monoisotopic (exact) mass is 363 g/mol. The number of allylic oxidation sites excluding steroid dienone is 5. The second-order valence-electron chi connectivity index (χ2n) is 7.58. The molecule has 1 aromatic carbocycles. The molecular weight excluding hydrogens is 334 g/mol. The molecule has 2 atom stereocenters. The molecule has 0 spiro atoms. The van der Waals surface area contributed by atoms with Gasteiger partial charge in [0.2, 0.25) is 5.91 Å². The van der Waals surface area contributed by atoms with Gasteiger partial charge in [0.15, 0.2) is 0 Å². The Labute approximate surface area is 162 Å². The van der Waals surface area contributed by atoms with Crippen LogP contribution in [0.15, 0.2) is 59.7 Å². The summed E-state index contributed by atoms with van der Waals surface area (Å²) in [6.07, 6.45) is 8.56. The maximum Gasteiger partial charge on any atom is 0.248 e. The summed E-state index contributed by atoms with van der Waals surface area (Å²) in [5, 5.41) is 13.0. The molecule has 27 heavy (non-hydrogen) atoms. The third-order valence-electron chi connectivity index (χ3n) is 4.86. The lowest BCUT2D eigenvalue weighted by Crippen LogP contribution is -2.48. The quantitative estimate of drug-likeness (QED) is 0.792. The summed E-state index contributed by atoms with van der Waals surface area (Å²) < 4.78 is 0. The highest BCUT2D eigenvalue weighted by atomic mass is 16.3. The van der Waals surface area contributed by atoms with E-state index < -0.39 is 5.60 Å². The zero-order valence-electron chi connectivity index (χ0n) is 16.8. The molecule has 1 amide bonds. The summed E-state index contributed by atoms with van der Waals surface area (Å²) in [4.78, 5) is 12.7. The molecule has 0 saturated heterocycles. The number of rotatable bonds is 4. The standard InChI is InChI=1S/C24H29NO2/c1-6-21-15-13-20(12-11-19-9-7-17(2)8-10-19)14-16-22(21)23(26)25-18(3)24(4,5)27/h7-10,13-16,18,21,27H,6H2,1-5H3,(H,25,26). The van der Waals surface area contributed by atoms with Crippen LogP contribution in [0.1, 0.15) is 45.2 Å². The molecule has 0 fully saturated rings. The van der Waals surface area contributed by atoms with Gasteiger partial charge in [-0.05, 0) is 58.4 Å². The van der Waals surface area contributed by atoms with Gasteiger partial charge in [0.05, 0.1) is 11.6 Å². The predicted octanol–water partition coefficient (Wildman–Crippen LogP) is 4.07. The Kier molecular flexibility index (Phi) is 6.82. The first-order valence-corrected chi connectivity index (χ1v) is 9.42. The van der Waals surface area contributed by atoms with Crippen molar-refractivity contribution in [2.24, 2.45) is 5.92 Å². The number of aryl methyl sites for hydroxylation is 1. The maximum atomic E-state index is 12.7. The van der Waals surface area contributed by atoms with E-state index in [4.69, 9.17) is 0 Å². The second-order valence-corrected chi connectivity index (χ2v) is 7.58. The molecule has 1 aliphatic rings. The summed E-state index contributed by atoms with van der Waals surface area (Å²) in [5.74, 6) is 6.21. The molecule has 2 N–H and O–H groups in total.